The molecule has 15 heavy (non-hydrogen) atoms. The molecule has 0 atom stereocenters. The first-order chi connectivity index (χ1) is 7.02. The standard InChI is InChI=1S/C10H17NO4/c1-10(6-15-7-10)5-11-8(12)3-2-4-9(13)14/h2-7H2,1H3,(H,11,12)(H,13,14). The fourth-order valence-electron chi connectivity index (χ4n) is 1.35. The molecule has 0 aromatic carbocycles. The van der Waals surface area contributed by atoms with Gasteiger partial charge in [-0.2, -0.15) is 0 Å². The Balaban J connectivity index is 2.05. The Hall–Kier alpha value is -1.10. The molecule has 1 aliphatic rings. The number of rotatable bonds is 6. The molecule has 5 nitrogen and oxygen atoms in total. The van der Waals surface area contributed by atoms with Crippen molar-refractivity contribution in [3.05, 3.63) is 0 Å². The molecule has 0 aromatic heterocycles. The number of aliphatic carboxylic acids is 1. The van der Waals surface area contributed by atoms with Crippen LogP contribution < -0.4 is 5.32 Å². The molecule has 5 heteroatoms. The fraction of sp³-hybridized carbons (Fsp3) is 0.800. The molecule has 0 unspecified atom stereocenters. The molecule has 1 heterocycles. The van der Waals surface area contributed by atoms with Gasteiger partial charge in [0.25, 0.3) is 0 Å². The summed E-state index contributed by atoms with van der Waals surface area (Å²) in [6.07, 6.45) is 0.728. The van der Waals surface area contributed by atoms with Gasteiger partial charge in [0.2, 0.25) is 5.91 Å². The number of carbonyl (C=O) groups is 2. The molecule has 0 aromatic rings. The average molecular weight is 215 g/mol. The summed E-state index contributed by atoms with van der Waals surface area (Å²) in [7, 11) is 0. The third-order valence-corrected chi connectivity index (χ3v) is 2.41. The van der Waals surface area contributed by atoms with Crippen LogP contribution in [0.2, 0.25) is 0 Å². The molecule has 1 fully saturated rings. The van der Waals surface area contributed by atoms with Crippen molar-refractivity contribution in [2.75, 3.05) is 19.8 Å². The molecule has 0 aliphatic carbocycles. The Morgan fingerprint density at radius 1 is 1.40 bits per heavy atom. The first-order valence-electron chi connectivity index (χ1n) is 5.08. The average Bonchev–Trinajstić information content (AvgIpc) is 2.11. The molecule has 86 valence electrons. The van der Waals surface area contributed by atoms with Crippen molar-refractivity contribution in [2.45, 2.75) is 26.2 Å². The number of carboxylic acids is 1. The SMILES string of the molecule is CC1(CNC(=O)CCCC(=O)O)COC1. The van der Waals surface area contributed by atoms with E-state index in [4.69, 9.17) is 9.84 Å². The van der Waals surface area contributed by atoms with E-state index < -0.39 is 5.97 Å². The van der Waals surface area contributed by atoms with Crippen LogP contribution in [-0.2, 0) is 14.3 Å². The summed E-state index contributed by atoms with van der Waals surface area (Å²) in [5.41, 5.74) is 0.0719. The minimum atomic E-state index is -0.859. The molecule has 2 N–H and O–H groups in total. The summed E-state index contributed by atoms with van der Waals surface area (Å²) >= 11 is 0. The number of carboxylic acid groups (broad SMARTS) is 1. The van der Waals surface area contributed by atoms with Gasteiger partial charge in [0.05, 0.1) is 13.2 Å². The Bertz CT molecular complexity index is 248. The number of carbonyl (C=O) groups excluding carboxylic acids is 1. The second-order valence-corrected chi connectivity index (χ2v) is 4.33. The van der Waals surface area contributed by atoms with Gasteiger partial charge in [-0.25, -0.2) is 0 Å². The number of nitrogens with one attached hydrogen (secondary N) is 1. The van der Waals surface area contributed by atoms with Gasteiger partial charge in [0.15, 0.2) is 0 Å². The highest BCUT2D eigenvalue weighted by molar-refractivity contribution is 5.76. The van der Waals surface area contributed by atoms with E-state index in [2.05, 4.69) is 5.32 Å². The van der Waals surface area contributed by atoms with E-state index in [1.807, 2.05) is 6.92 Å². The molecule has 0 saturated carbocycles. The van der Waals surface area contributed by atoms with Crippen molar-refractivity contribution in [3.63, 3.8) is 0 Å². The third-order valence-electron chi connectivity index (χ3n) is 2.41. The van der Waals surface area contributed by atoms with Gasteiger partial charge in [-0.05, 0) is 6.42 Å². The lowest BCUT2D eigenvalue weighted by atomic mass is 9.89. The predicted molar refractivity (Wildman–Crippen MR) is 53.4 cm³/mol. The zero-order chi connectivity index (χ0) is 11.3. The maximum Gasteiger partial charge on any atom is 0.303 e. The first-order valence-corrected chi connectivity index (χ1v) is 5.08. The minimum absolute atomic E-state index is 0.0494. The van der Waals surface area contributed by atoms with Gasteiger partial charge in [-0.15, -0.1) is 0 Å². The van der Waals surface area contributed by atoms with Crippen molar-refractivity contribution < 1.29 is 19.4 Å². The summed E-state index contributed by atoms with van der Waals surface area (Å²) in [5.74, 6) is -0.938. The van der Waals surface area contributed by atoms with Gasteiger partial charge in [-0.3, -0.25) is 9.59 Å². The minimum Gasteiger partial charge on any atom is -0.481 e. The number of hydrogen-bond acceptors (Lipinski definition) is 3. The quantitative estimate of drug-likeness (QED) is 0.672. The summed E-state index contributed by atoms with van der Waals surface area (Å²) in [6, 6.07) is 0. The van der Waals surface area contributed by atoms with Crippen LogP contribution in [-0.4, -0.2) is 36.7 Å². The van der Waals surface area contributed by atoms with Crippen molar-refractivity contribution in [3.8, 4) is 0 Å². The summed E-state index contributed by atoms with van der Waals surface area (Å²) in [6.45, 7) is 4.03. The van der Waals surface area contributed by atoms with Crippen LogP contribution in [0.4, 0.5) is 0 Å². The van der Waals surface area contributed by atoms with Crippen LogP contribution in [0.25, 0.3) is 0 Å². The highest BCUT2D eigenvalue weighted by Crippen LogP contribution is 2.24. The van der Waals surface area contributed by atoms with Crippen LogP contribution >= 0.6 is 0 Å². The normalized spacial score (nSPS) is 17.9. The third kappa shape index (κ3) is 4.29. The van der Waals surface area contributed by atoms with E-state index in [0.717, 1.165) is 0 Å². The van der Waals surface area contributed by atoms with E-state index in [9.17, 15) is 9.59 Å². The zero-order valence-corrected chi connectivity index (χ0v) is 8.91. The maximum atomic E-state index is 11.3. The Morgan fingerprint density at radius 2 is 2.07 bits per heavy atom. The van der Waals surface area contributed by atoms with Crippen LogP contribution in [0.15, 0.2) is 0 Å². The highest BCUT2D eigenvalue weighted by Gasteiger charge is 2.33. The zero-order valence-electron chi connectivity index (χ0n) is 8.91. The number of ether oxygens (including phenoxy) is 1. The smallest absolute Gasteiger partial charge is 0.303 e. The van der Waals surface area contributed by atoms with Gasteiger partial charge < -0.3 is 15.2 Å². The molecule has 1 aliphatic heterocycles. The van der Waals surface area contributed by atoms with Gasteiger partial charge in [-0.1, -0.05) is 6.92 Å². The van der Waals surface area contributed by atoms with E-state index >= 15 is 0 Å². The second kappa shape index (κ2) is 5.11. The van der Waals surface area contributed by atoms with Crippen molar-refractivity contribution >= 4 is 11.9 Å². The lowest BCUT2D eigenvalue weighted by Gasteiger charge is -2.38. The summed E-state index contributed by atoms with van der Waals surface area (Å²) in [4.78, 5) is 21.5. The molecule has 1 rings (SSSR count). The second-order valence-electron chi connectivity index (χ2n) is 4.33. The molecule has 0 spiro atoms. The van der Waals surface area contributed by atoms with Gasteiger partial charge in [0.1, 0.15) is 0 Å². The topological polar surface area (TPSA) is 75.6 Å². The molecule has 1 saturated heterocycles. The number of hydrogen-bond donors (Lipinski definition) is 2. The molecule has 0 radical (unpaired) electrons. The van der Waals surface area contributed by atoms with E-state index in [1.54, 1.807) is 0 Å². The van der Waals surface area contributed by atoms with E-state index in [0.29, 0.717) is 26.2 Å². The van der Waals surface area contributed by atoms with Gasteiger partial charge in [0, 0.05) is 24.8 Å². The highest BCUT2D eigenvalue weighted by atomic mass is 16.5. The monoisotopic (exact) mass is 215 g/mol. The molecular formula is C10H17NO4. The maximum absolute atomic E-state index is 11.3. The van der Waals surface area contributed by atoms with Gasteiger partial charge >= 0.3 is 5.97 Å². The van der Waals surface area contributed by atoms with Crippen molar-refractivity contribution in [1.29, 1.82) is 0 Å². The first kappa shape index (κ1) is 12.0. The van der Waals surface area contributed by atoms with Crippen LogP contribution in [0.3, 0.4) is 0 Å². The Morgan fingerprint density at radius 3 is 2.53 bits per heavy atom. The lowest BCUT2D eigenvalue weighted by Crippen LogP contribution is -2.48. The predicted octanol–water partition coefficient (Wildman–Crippen LogP) is 0.394. The fourth-order valence-corrected chi connectivity index (χ4v) is 1.35. The molecule has 0 bridgehead atoms. The van der Waals surface area contributed by atoms with Crippen molar-refractivity contribution in [1.82, 2.24) is 5.32 Å². The summed E-state index contributed by atoms with van der Waals surface area (Å²) in [5, 5.41) is 11.2. The molecular weight excluding hydrogens is 198 g/mol. The summed E-state index contributed by atoms with van der Waals surface area (Å²) < 4.78 is 5.05. The Kier molecular flexibility index (Phi) is 4.08. The van der Waals surface area contributed by atoms with E-state index in [1.165, 1.54) is 0 Å². The largest absolute Gasteiger partial charge is 0.481 e. The van der Waals surface area contributed by atoms with Crippen LogP contribution in [0.1, 0.15) is 26.2 Å². The number of amides is 1. The van der Waals surface area contributed by atoms with Crippen molar-refractivity contribution in [2.24, 2.45) is 5.41 Å². The van der Waals surface area contributed by atoms with Crippen LogP contribution in [0.5, 0.6) is 0 Å². The van der Waals surface area contributed by atoms with E-state index in [-0.39, 0.29) is 24.2 Å². The van der Waals surface area contributed by atoms with Crippen LogP contribution in [0, 0.1) is 5.41 Å². The molecule has 1 amide bonds. The Labute approximate surface area is 88.8 Å². The lowest BCUT2D eigenvalue weighted by molar-refractivity contribution is -0.137.